The molecular weight excluding hydrogens is 338 g/mol. The topological polar surface area (TPSA) is 47.6 Å². The number of benzene rings is 2. The second-order valence-electron chi connectivity index (χ2n) is 6.78. The van der Waals surface area contributed by atoms with E-state index in [0.717, 1.165) is 29.8 Å². The van der Waals surface area contributed by atoms with Crippen molar-refractivity contribution in [3.05, 3.63) is 60.2 Å². The molecule has 2 rings (SSSR count). The second kappa shape index (κ2) is 10.6. The number of hydrogen-bond donors (Lipinski definition) is 1. The first-order valence-corrected chi connectivity index (χ1v) is 9.72. The number of nitrogens with one attached hydrogen (secondary N) is 1. The third-order valence-corrected chi connectivity index (χ3v) is 4.90. The van der Waals surface area contributed by atoms with E-state index in [-0.39, 0.29) is 5.97 Å². The molecule has 0 aliphatic rings. The Labute approximate surface area is 162 Å². The molecule has 146 valence electrons. The molecule has 0 saturated heterocycles. The van der Waals surface area contributed by atoms with Crippen LogP contribution in [0.4, 0.5) is 5.69 Å². The van der Waals surface area contributed by atoms with Crippen LogP contribution in [0, 0.1) is 0 Å². The lowest BCUT2D eigenvalue weighted by Crippen LogP contribution is -2.44. The van der Waals surface area contributed by atoms with Crippen molar-refractivity contribution in [2.24, 2.45) is 0 Å². The maximum Gasteiger partial charge on any atom is 0.336 e. The van der Waals surface area contributed by atoms with Crippen molar-refractivity contribution in [3.63, 3.8) is 0 Å². The number of unbranched alkanes of at least 4 members (excludes halogenated alkanes) is 4. The number of ether oxygens (including phenoxy) is 2. The van der Waals surface area contributed by atoms with Crippen LogP contribution in [0.2, 0.25) is 0 Å². The van der Waals surface area contributed by atoms with Crippen LogP contribution in [0.3, 0.4) is 0 Å². The summed E-state index contributed by atoms with van der Waals surface area (Å²) in [6, 6.07) is 17.5. The normalized spacial score (nSPS) is 12.9. The van der Waals surface area contributed by atoms with Gasteiger partial charge in [0, 0.05) is 5.69 Å². The van der Waals surface area contributed by atoms with Crippen LogP contribution in [0.1, 0.15) is 51.0 Å². The third kappa shape index (κ3) is 5.49. The molecule has 0 bridgehead atoms. The Bertz CT molecular complexity index is 685. The summed E-state index contributed by atoms with van der Waals surface area (Å²) in [5, 5.41) is 3.47. The number of hydrogen-bond acceptors (Lipinski definition) is 4. The SMILES string of the molecule is CCCCCCC[C@@](Nc1ccc(OC)cc1)(C(=O)OC)c1ccccc1. The number of anilines is 1. The summed E-state index contributed by atoms with van der Waals surface area (Å²) in [7, 11) is 3.09. The van der Waals surface area contributed by atoms with Gasteiger partial charge in [0.25, 0.3) is 0 Å². The lowest BCUT2D eigenvalue weighted by molar-refractivity contribution is -0.146. The molecule has 2 aromatic rings. The molecule has 4 heteroatoms. The Morgan fingerprint density at radius 1 is 0.926 bits per heavy atom. The van der Waals surface area contributed by atoms with Crippen molar-refractivity contribution >= 4 is 11.7 Å². The summed E-state index contributed by atoms with van der Waals surface area (Å²) in [5.41, 5.74) is 0.873. The Balaban J connectivity index is 2.32. The minimum atomic E-state index is -0.906. The van der Waals surface area contributed by atoms with Crippen LogP contribution in [-0.2, 0) is 15.1 Å². The van der Waals surface area contributed by atoms with Crippen molar-refractivity contribution < 1.29 is 14.3 Å². The van der Waals surface area contributed by atoms with Crippen LogP contribution < -0.4 is 10.1 Å². The van der Waals surface area contributed by atoms with Crippen molar-refractivity contribution in [2.75, 3.05) is 19.5 Å². The van der Waals surface area contributed by atoms with E-state index in [4.69, 9.17) is 9.47 Å². The van der Waals surface area contributed by atoms with Crippen molar-refractivity contribution in [1.82, 2.24) is 0 Å². The summed E-state index contributed by atoms with van der Waals surface area (Å²) in [4.78, 5) is 13.0. The zero-order valence-corrected chi connectivity index (χ0v) is 16.7. The predicted molar refractivity (Wildman–Crippen MR) is 110 cm³/mol. The van der Waals surface area contributed by atoms with Gasteiger partial charge in [0.05, 0.1) is 14.2 Å². The first-order chi connectivity index (χ1) is 13.2. The molecule has 0 heterocycles. The molecule has 0 aromatic heterocycles. The highest BCUT2D eigenvalue weighted by molar-refractivity contribution is 5.86. The standard InChI is InChI=1S/C23H31NO3/c1-4-5-6-7-11-18-23(22(25)27-3,19-12-9-8-10-13-19)24-20-14-16-21(26-2)17-15-20/h8-10,12-17,24H,4-7,11,18H2,1-3H3/t23-/m0/s1. The van der Waals surface area contributed by atoms with Gasteiger partial charge in [0.15, 0.2) is 5.54 Å². The van der Waals surface area contributed by atoms with E-state index in [1.54, 1.807) is 7.11 Å². The summed E-state index contributed by atoms with van der Waals surface area (Å²) in [6.07, 6.45) is 6.34. The molecular formula is C23H31NO3. The Hall–Kier alpha value is -2.49. The van der Waals surface area contributed by atoms with Gasteiger partial charge in [0.2, 0.25) is 0 Å². The van der Waals surface area contributed by atoms with Gasteiger partial charge in [-0.2, -0.15) is 0 Å². The molecule has 0 saturated carbocycles. The fourth-order valence-corrected chi connectivity index (χ4v) is 3.36. The van der Waals surface area contributed by atoms with Gasteiger partial charge in [0.1, 0.15) is 5.75 Å². The fourth-order valence-electron chi connectivity index (χ4n) is 3.36. The lowest BCUT2D eigenvalue weighted by Gasteiger charge is -2.34. The van der Waals surface area contributed by atoms with Crippen molar-refractivity contribution in [2.45, 2.75) is 51.0 Å². The summed E-state index contributed by atoms with van der Waals surface area (Å²) < 4.78 is 10.5. The molecule has 0 aliphatic carbocycles. The van der Waals surface area contributed by atoms with Crippen LogP contribution in [0.15, 0.2) is 54.6 Å². The molecule has 0 radical (unpaired) electrons. The number of rotatable bonds is 11. The van der Waals surface area contributed by atoms with Gasteiger partial charge in [-0.05, 0) is 36.2 Å². The van der Waals surface area contributed by atoms with E-state index in [2.05, 4.69) is 12.2 Å². The summed E-state index contributed by atoms with van der Waals surface area (Å²) in [6.45, 7) is 2.20. The van der Waals surface area contributed by atoms with E-state index in [1.165, 1.54) is 26.4 Å². The molecule has 0 fully saturated rings. The highest BCUT2D eigenvalue weighted by atomic mass is 16.5. The number of carbonyl (C=O) groups excluding carboxylic acids is 1. The lowest BCUT2D eigenvalue weighted by atomic mass is 9.84. The van der Waals surface area contributed by atoms with Crippen LogP contribution in [0.5, 0.6) is 5.75 Å². The minimum absolute atomic E-state index is 0.264. The van der Waals surface area contributed by atoms with Gasteiger partial charge < -0.3 is 14.8 Å². The molecule has 0 unspecified atom stereocenters. The van der Waals surface area contributed by atoms with Gasteiger partial charge in [-0.3, -0.25) is 0 Å². The van der Waals surface area contributed by atoms with E-state index >= 15 is 0 Å². The maximum atomic E-state index is 13.0. The summed E-state index contributed by atoms with van der Waals surface area (Å²) >= 11 is 0. The quantitative estimate of drug-likeness (QED) is 0.417. The summed E-state index contributed by atoms with van der Waals surface area (Å²) in [5.74, 6) is 0.517. The van der Waals surface area contributed by atoms with Gasteiger partial charge in [-0.25, -0.2) is 4.79 Å². The van der Waals surface area contributed by atoms with E-state index in [9.17, 15) is 4.79 Å². The van der Waals surface area contributed by atoms with E-state index < -0.39 is 5.54 Å². The van der Waals surface area contributed by atoms with Crippen molar-refractivity contribution in [1.29, 1.82) is 0 Å². The monoisotopic (exact) mass is 369 g/mol. The molecule has 0 amide bonds. The van der Waals surface area contributed by atoms with E-state index in [0.29, 0.717) is 6.42 Å². The fraction of sp³-hybridized carbons (Fsp3) is 0.435. The number of methoxy groups -OCH3 is 2. The molecule has 1 N–H and O–H groups in total. The zero-order chi connectivity index (χ0) is 19.5. The van der Waals surface area contributed by atoms with Gasteiger partial charge >= 0.3 is 5.97 Å². The minimum Gasteiger partial charge on any atom is -0.497 e. The van der Waals surface area contributed by atoms with E-state index in [1.807, 2.05) is 54.6 Å². The first-order valence-electron chi connectivity index (χ1n) is 9.72. The van der Waals surface area contributed by atoms with Gasteiger partial charge in [-0.1, -0.05) is 69.4 Å². The Kier molecular flexibility index (Phi) is 8.18. The smallest absolute Gasteiger partial charge is 0.336 e. The second-order valence-corrected chi connectivity index (χ2v) is 6.78. The van der Waals surface area contributed by atoms with Crippen LogP contribution >= 0.6 is 0 Å². The molecule has 0 aliphatic heterocycles. The predicted octanol–water partition coefficient (Wildman–Crippen LogP) is 5.54. The van der Waals surface area contributed by atoms with Crippen LogP contribution in [0.25, 0.3) is 0 Å². The van der Waals surface area contributed by atoms with Crippen molar-refractivity contribution in [3.8, 4) is 5.75 Å². The largest absolute Gasteiger partial charge is 0.497 e. The average Bonchev–Trinajstić information content (AvgIpc) is 2.73. The maximum absolute atomic E-state index is 13.0. The molecule has 0 spiro atoms. The van der Waals surface area contributed by atoms with Crippen LogP contribution in [-0.4, -0.2) is 20.2 Å². The highest BCUT2D eigenvalue weighted by Crippen LogP contribution is 2.34. The first kappa shape index (κ1) is 20.8. The number of carbonyl (C=O) groups is 1. The zero-order valence-electron chi connectivity index (χ0n) is 16.7. The molecule has 1 atom stereocenters. The highest BCUT2D eigenvalue weighted by Gasteiger charge is 2.41. The molecule has 27 heavy (non-hydrogen) atoms. The Morgan fingerprint density at radius 2 is 1.59 bits per heavy atom. The molecule has 4 nitrogen and oxygen atoms in total. The third-order valence-electron chi connectivity index (χ3n) is 4.90. The average molecular weight is 370 g/mol. The molecule has 2 aromatic carbocycles. The van der Waals surface area contributed by atoms with Gasteiger partial charge in [-0.15, -0.1) is 0 Å². The number of esters is 1. The Morgan fingerprint density at radius 3 is 2.19 bits per heavy atom.